The van der Waals surface area contributed by atoms with Crippen molar-refractivity contribution in [2.45, 2.75) is 24.2 Å². The number of carbonyl (C=O) groups is 2. The van der Waals surface area contributed by atoms with Crippen LogP contribution < -0.4 is 0 Å². The molecular weight excluding hydrogens is 398 g/mol. The molecule has 0 aliphatic rings. The standard InChI is InChI=1S/C12H4F10O4/c13-9(14,11(17,18)19)5-25-7(23)3-1-2-4-8(24)26-6-10(15,16)12(20,21)22/h5-6H2. The summed E-state index contributed by atoms with van der Waals surface area (Å²) in [5.41, 5.74) is 0. The minimum Gasteiger partial charge on any atom is -0.449 e. The fourth-order valence-electron chi connectivity index (χ4n) is 0.713. The van der Waals surface area contributed by atoms with Gasteiger partial charge in [0.1, 0.15) is 0 Å². The molecule has 0 saturated carbocycles. The number of hydrogen-bond donors (Lipinski definition) is 0. The summed E-state index contributed by atoms with van der Waals surface area (Å²) in [6.07, 6.45) is -12.0. The molecule has 26 heavy (non-hydrogen) atoms. The highest BCUT2D eigenvalue weighted by atomic mass is 19.4. The zero-order chi connectivity index (χ0) is 20.8. The van der Waals surface area contributed by atoms with Gasteiger partial charge >= 0.3 is 36.1 Å². The highest BCUT2D eigenvalue weighted by molar-refractivity contribution is 5.91. The van der Waals surface area contributed by atoms with Gasteiger partial charge in [-0.25, -0.2) is 9.59 Å². The van der Waals surface area contributed by atoms with Gasteiger partial charge in [0.05, 0.1) is 0 Å². The lowest BCUT2D eigenvalue weighted by Gasteiger charge is -2.18. The van der Waals surface area contributed by atoms with E-state index in [4.69, 9.17) is 0 Å². The Morgan fingerprint density at radius 2 is 0.885 bits per heavy atom. The summed E-state index contributed by atoms with van der Waals surface area (Å²) in [4.78, 5) is 21.4. The van der Waals surface area contributed by atoms with E-state index in [1.54, 1.807) is 0 Å². The highest BCUT2D eigenvalue weighted by Gasteiger charge is 2.59. The second kappa shape index (κ2) is 8.16. The number of carbonyl (C=O) groups excluding carboxylic acids is 2. The van der Waals surface area contributed by atoms with Crippen LogP contribution in [0.5, 0.6) is 0 Å². The second-order valence-electron chi connectivity index (χ2n) is 4.06. The Labute approximate surface area is 137 Å². The van der Waals surface area contributed by atoms with E-state index in [2.05, 4.69) is 9.47 Å². The Morgan fingerprint density at radius 3 is 1.12 bits per heavy atom. The molecule has 0 aliphatic heterocycles. The maximum atomic E-state index is 12.4. The molecule has 0 bridgehead atoms. The van der Waals surface area contributed by atoms with Crippen molar-refractivity contribution in [3.05, 3.63) is 0 Å². The summed E-state index contributed by atoms with van der Waals surface area (Å²) in [7, 11) is 0. The van der Waals surface area contributed by atoms with Crippen LogP contribution in [0.2, 0.25) is 0 Å². The van der Waals surface area contributed by atoms with Crippen molar-refractivity contribution in [2.75, 3.05) is 13.2 Å². The van der Waals surface area contributed by atoms with Gasteiger partial charge in [0.25, 0.3) is 0 Å². The number of rotatable bonds is 4. The molecule has 0 unspecified atom stereocenters. The number of halogens is 10. The number of alkyl halides is 10. The smallest absolute Gasteiger partial charge is 0.449 e. The molecule has 0 rings (SSSR count). The van der Waals surface area contributed by atoms with Gasteiger partial charge in [-0.15, -0.1) is 0 Å². The molecular formula is C12H4F10O4. The van der Waals surface area contributed by atoms with Crippen molar-refractivity contribution in [1.82, 2.24) is 0 Å². The second-order valence-corrected chi connectivity index (χ2v) is 4.06. The van der Waals surface area contributed by atoms with E-state index in [0.717, 1.165) is 0 Å². The first kappa shape index (κ1) is 23.4. The summed E-state index contributed by atoms with van der Waals surface area (Å²) in [6.45, 7) is -4.77. The third-order valence-corrected chi connectivity index (χ3v) is 1.99. The Bertz CT molecular complexity index is 596. The van der Waals surface area contributed by atoms with Crippen LogP contribution in [-0.2, 0) is 19.1 Å². The summed E-state index contributed by atoms with van der Waals surface area (Å²) in [5, 5.41) is 0. The molecule has 0 aromatic carbocycles. The molecule has 146 valence electrons. The Balaban J connectivity index is 4.54. The van der Waals surface area contributed by atoms with Crippen LogP contribution in [-0.4, -0.2) is 49.4 Å². The van der Waals surface area contributed by atoms with Crippen LogP contribution in [0.25, 0.3) is 0 Å². The Hall–Kier alpha value is -2.64. The van der Waals surface area contributed by atoms with Crippen molar-refractivity contribution in [3.8, 4) is 23.7 Å². The van der Waals surface area contributed by atoms with Crippen LogP contribution in [0.15, 0.2) is 0 Å². The van der Waals surface area contributed by atoms with E-state index >= 15 is 0 Å². The van der Waals surface area contributed by atoms with Gasteiger partial charge in [-0.05, 0) is 11.8 Å². The summed E-state index contributed by atoms with van der Waals surface area (Å²) < 4.78 is 127. The normalized spacial score (nSPS) is 12.2. The summed E-state index contributed by atoms with van der Waals surface area (Å²) >= 11 is 0. The van der Waals surface area contributed by atoms with Crippen LogP contribution in [0.1, 0.15) is 0 Å². The minimum absolute atomic E-state index is 1.24. The molecule has 0 aliphatic carbocycles. The maximum absolute atomic E-state index is 12.4. The third kappa shape index (κ3) is 7.50. The van der Waals surface area contributed by atoms with Crippen molar-refractivity contribution in [2.24, 2.45) is 0 Å². The van der Waals surface area contributed by atoms with Crippen LogP contribution in [0.4, 0.5) is 43.9 Å². The van der Waals surface area contributed by atoms with Crippen LogP contribution in [0, 0.1) is 23.7 Å². The first-order valence-electron chi connectivity index (χ1n) is 5.74. The molecule has 0 N–H and O–H groups in total. The van der Waals surface area contributed by atoms with Gasteiger partial charge in [0.15, 0.2) is 13.2 Å². The molecule has 0 fully saturated rings. The maximum Gasteiger partial charge on any atom is 0.456 e. The van der Waals surface area contributed by atoms with Gasteiger partial charge in [-0.2, -0.15) is 43.9 Å². The van der Waals surface area contributed by atoms with E-state index in [9.17, 15) is 53.5 Å². The monoisotopic (exact) mass is 402 g/mol. The highest BCUT2D eigenvalue weighted by Crippen LogP contribution is 2.36. The van der Waals surface area contributed by atoms with E-state index in [-0.39, 0.29) is 0 Å². The van der Waals surface area contributed by atoms with Crippen molar-refractivity contribution < 1.29 is 63.0 Å². The summed E-state index contributed by atoms with van der Waals surface area (Å²) in [5.74, 6) is -9.23. The Kier molecular flexibility index (Phi) is 7.33. The predicted octanol–water partition coefficient (Wildman–Crippen LogP) is 2.47. The average Bonchev–Trinajstić information content (AvgIpc) is 2.45. The SMILES string of the molecule is O=C(C#CC#CC(=O)OCC(F)(F)C(F)(F)F)OCC(F)(F)C(F)(F)F. The molecule has 0 spiro atoms. The average molecular weight is 402 g/mol. The summed E-state index contributed by atoms with van der Waals surface area (Å²) in [6, 6.07) is 0. The van der Waals surface area contributed by atoms with E-state index in [1.807, 2.05) is 0 Å². The molecule has 0 amide bonds. The van der Waals surface area contributed by atoms with Crippen molar-refractivity contribution >= 4 is 11.9 Å². The zero-order valence-electron chi connectivity index (χ0n) is 11.8. The van der Waals surface area contributed by atoms with Gasteiger partial charge in [-0.1, -0.05) is 0 Å². The molecule has 0 heterocycles. The van der Waals surface area contributed by atoms with Crippen molar-refractivity contribution in [3.63, 3.8) is 0 Å². The molecule has 14 heteroatoms. The first-order chi connectivity index (χ1) is 11.5. The molecule has 0 atom stereocenters. The third-order valence-electron chi connectivity index (χ3n) is 1.99. The lowest BCUT2D eigenvalue weighted by atomic mass is 10.3. The van der Waals surface area contributed by atoms with Crippen molar-refractivity contribution in [1.29, 1.82) is 0 Å². The zero-order valence-corrected chi connectivity index (χ0v) is 11.8. The number of ether oxygens (including phenoxy) is 2. The van der Waals surface area contributed by atoms with E-state index in [1.165, 1.54) is 23.7 Å². The van der Waals surface area contributed by atoms with Gasteiger partial charge < -0.3 is 9.47 Å². The van der Waals surface area contributed by atoms with Gasteiger partial charge in [-0.3, -0.25) is 0 Å². The first-order valence-corrected chi connectivity index (χ1v) is 5.74. The minimum atomic E-state index is -5.98. The van der Waals surface area contributed by atoms with Gasteiger partial charge in [0.2, 0.25) is 0 Å². The van der Waals surface area contributed by atoms with Crippen LogP contribution >= 0.6 is 0 Å². The number of hydrogen-bond acceptors (Lipinski definition) is 4. The lowest BCUT2D eigenvalue weighted by molar-refractivity contribution is -0.293. The fraction of sp³-hybridized carbons (Fsp3) is 0.500. The number of esters is 2. The molecule has 0 aromatic rings. The fourth-order valence-corrected chi connectivity index (χ4v) is 0.713. The van der Waals surface area contributed by atoms with E-state index < -0.39 is 49.4 Å². The molecule has 0 radical (unpaired) electrons. The quantitative estimate of drug-likeness (QED) is 0.314. The molecule has 4 nitrogen and oxygen atoms in total. The topological polar surface area (TPSA) is 52.6 Å². The Morgan fingerprint density at radius 1 is 0.615 bits per heavy atom. The molecule has 0 aromatic heterocycles. The van der Waals surface area contributed by atoms with Gasteiger partial charge in [0, 0.05) is 11.8 Å². The largest absolute Gasteiger partial charge is 0.456 e. The predicted molar refractivity (Wildman–Crippen MR) is 59.5 cm³/mol. The van der Waals surface area contributed by atoms with Crippen LogP contribution in [0.3, 0.4) is 0 Å². The molecule has 0 saturated heterocycles. The lowest BCUT2D eigenvalue weighted by Crippen LogP contribution is -2.41. The van der Waals surface area contributed by atoms with E-state index in [0.29, 0.717) is 0 Å².